The highest BCUT2D eigenvalue weighted by Gasteiger charge is 2.28. The number of nitrogens with zero attached hydrogens (tertiary/aromatic N) is 1. The Balaban J connectivity index is 1.74. The smallest absolute Gasteiger partial charge is 0.0589 e. The molecule has 1 N–H and O–H groups in total. The van der Waals surface area contributed by atoms with Gasteiger partial charge >= 0.3 is 0 Å². The number of pyridine rings is 1. The lowest BCUT2D eigenvalue weighted by Crippen LogP contribution is -2.27. The molecule has 1 aliphatic rings. The third-order valence-electron chi connectivity index (χ3n) is 4.04. The van der Waals surface area contributed by atoms with Gasteiger partial charge < -0.3 is 5.32 Å². The van der Waals surface area contributed by atoms with Gasteiger partial charge in [-0.3, -0.25) is 4.98 Å². The zero-order valence-electron chi connectivity index (χ0n) is 11.6. The summed E-state index contributed by atoms with van der Waals surface area (Å²) in [4.78, 5) is 4.47. The maximum atomic E-state index is 5.92. The molecule has 0 fully saturated rings. The molecule has 3 rings (SSSR count). The van der Waals surface area contributed by atoms with E-state index in [1.165, 1.54) is 17.5 Å². The standard InChI is InChI=1S/C17H19ClN2/c1-2-19-17(16-8-7-14(18)11-20-16)10-13-9-12-5-3-4-6-15(12)13/h3-8,11,13,17,19H,2,9-10H2,1H3. The molecule has 2 aromatic rings. The van der Waals surface area contributed by atoms with Gasteiger partial charge in [0.25, 0.3) is 0 Å². The summed E-state index contributed by atoms with van der Waals surface area (Å²) >= 11 is 5.92. The van der Waals surface area contributed by atoms with E-state index in [4.69, 9.17) is 11.6 Å². The van der Waals surface area contributed by atoms with Crippen molar-refractivity contribution in [3.8, 4) is 0 Å². The third-order valence-corrected chi connectivity index (χ3v) is 4.26. The van der Waals surface area contributed by atoms with Crippen molar-refractivity contribution in [1.82, 2.24) is 10.3 Å². The molecule has 0 radical (unpaired) electrons. The summed E-state index contributed by atoms with van der Waals surface area (Å²) in [6.07, 6.45) is 4.01. The molecule has 3 heteroatoms. The van der Waals surface area contributed by atoms with E-state index in [2.05, 4.69) is 41.5 Å². The predicted molar refractivity (Wildman–Crippen MR) is 83.2 cm³/mol. The summed E-state index contributed by atoms with van der Waals surface area (Å²) in [5, 5.41) is 4.24. The van der Waals surface area contributed by atoms with Crippen molar-refractivity contribution in [3.05, 3.63) is 64.4 Å². The molecule has 1 heterocycles. The molecule has 0 amide bonds. The van der Waals surface area contributed by atoms with E-state index in [0.29, 0.717) is 17.0 Å². The Hall–Kier alpha value is -1.38. The van der Waals surface area contributed by atoms with E-state index >= 15 is 0 Å². The van der Waals surface area contributed by atoms with Gasteiger partial charge in [0.2, 0.25) is 0 Å². The van der Waals surface area contributed by atoms with Crippen molar-refractivity contribution >= 4 is 11.6 Å². The number of hydrogen-bond acceptors (Lipinski definition) is 2. The molecular weight excluding hydrogens is 268 g/mol. The molecule has 2 unspecified atom stereocenters. The second-order valence-corrected chi connectivity index (χ2v) is 5.78. The normalized spacial score (nSPS) is 18.2. The number of hydrogen-bond donors (Lipinski definition) is 1. The van der Waals surface area contributed by atoms with E-state index in [1.807, 2.05) is 12.1 Å². The van der Waals surface area contributed by atoms with Crippen LogP contribution in [0.2, 0.25) is 5.02 Å². The first-order valence-electron chi connectivity index (χ1n) is 7.20. The fourth-order valence-electron chi connectivity index (χ4n) is 3.01. The molecule has 0 saturated heterocycles. The summed E-state index contributed by atoms with van der Waals surface area (Å²) in [5.41, 5.74) is 4.09. The summed E-state index contributed by atoms with van der Waals surface area (Å²) in [7, 11) is 0. The molecule has 104 valence electrons. The Morgan fingerprint density at radius 1 is 1.30 bits per heavy atom. The fourth-order valence-corrected chi connectivity index (χ4v) is 3.12. The molecule has 0 bridgehead atoms. The number of benzene rings is 1. The molecule has 0 aliphatic heterocycles. The zero-order valence-corrected chi connectivity index (χ0v) is 12.4. The Morgan fingerprint density at radius 3 is 2.85 bits per heavy atom. The third kappa shape index (κ3) is 2.72. The van der Waals surface area contributed by atoms with Crippen LogP contribution >= 0.6 is 11.6 Å². The monoisotopic (exact) mass is 286 g/mol. The van der Waals surface area contributed by atoms with Crippen LogP contribution in [0.15, 0.2) is 42.6 Å². The van der Waals surface area contributed by atoms with E-state index in [1.54, 1.807) is 6.20 Å². The Bertz CT molecular complexity index is 580. The minimum Gasteiger partial charge on any atom is -0.309 e. The highest BCUT2D eigenvalue weighted by atomic mass is 35.5. The maximum absolute atomic E-state index is 5.92. The van der Waals surface area contributed by atoms with Gasteiger partial charge in [0.1, 0.15) is 0 Å². The minimum atomic E-state index is 0.302. The second-order valence-electron chi connectivity index (χ2n) is 5.35. The Morgan fingerprint density at radius 2 is 2.15 bits per heavy atom. The van der Waals surface area contributed by atoms with Crippen LogP contribution in [0.3, 0.4) is 0 Å². The lowest BCUT2D eigenvalue weighted by atomic mass is 9.74. The largest absolute Gasteiger partial charge is 0.309 e. The number of halogens is 1. The summed E-state index contributed by atoms with van der Waals surface area (Å²) in [5.74, 6) is 0.646. The molecule has 0 saturated carbocycles. The molecule has 2 atom stereocenters. The maximum Gasteiger partial charge on any atom is 0.0589 e. The highest BCUT2D eigenvalue weighted by Crippen LogP contribution is 2.40. The van der Waals surface area contributed by atoms with E-state index in [9.17, 15) is 0 Å². The van der Waals surface area contributed by atoms with Crippen LogP contribution in [0, 0.1) is 0 Å². The first kappa shape index (κ1) is 13.6. The van der Waals surface area contributed by atoms with Crippen LogP contribution in [0.1, 0.15) is 42.1 Å². The van der Waals surface area contributed by atoms with Crippen molar-refractivity contribution in [2.75, 3.05) is 6.54 Å². The van der Waals surface area contributed by atoms with Crippen molar-refractivity contribution in [1.29, 1.82) is 0 Å². The van der Waals surface area contributed by atoms with E-state index in [0.717, 1.165) is 18.7 Å². The van der Waals surface area contributed by atoms with Crippen molar-refractivity contribution < 1.29 is 0 Å². The van der Waals surface area contributed by atoms with Crippen LogP contribution < -0.4 is 5.32 Å². The number of rotatable bonds is 5. The van der Waals surface area contributed by atoms with Gasteiger partial charge in [-0.25, -0.2) is 0 Å². The fraction of sp³-hybridized carbons (Fsp3) is 0.353. The van der Waals surface area contributed by atoms with Gasteiger partial charge in [0.15, 0.2) is 0 Å². The lowest BCUT2D eigenvalue weighted by molar-refractivity contribution is 0.429. The second kappa shape index (κ2) is 5.94. The minimum absolute atomic E-state index is 0.302. The molecule has 1 aromatic heterocycles. The summed E-state index contributed by atoms with van der Waals surface area (Å²) in [6.45, 7) is 3.08. The van der Waals surface area contributed by atoms with Crippen molar-refractivity contribution in [3.63, 3.8) is 0 Å². The number of nitrogens with one attached hydrogen (secondary N) is 1. The highest BCUT2D eigenvalue weighted by molar-refractivity contribution is 6.30. The average Bonchev–Trinajstić information content (AvgIpc) is 2.44. The van der Waals surface area contributed by atoms with Crippen LogP contribution in [-0.4, -0.2) is 11.5 Å². The quantitative estimate of drug-likeness (QED) is 0.894. The first-order chi connectivity index (χ1) is 9.78. The molecule has 1 aromatic carbocycles. The van der Waals surface area contributed by atoms with Crippen LogP contribution in [0.4, 0.5) is 0 Å². The molecule has 20 heavy (non-hydrogen) atoms. The van der Waals surface area contributed by atoms with Gasteiger partial charge in [0, 0.05) is 6.20 Å². The van der Waals surface area contributed by atoms with E-state index in [-0.39, 0.29) is 0 Å². The topological polar surface area (TPSA) is 24.9 Å². The van der Waals surface area contributed by atoms with Gasteiger partial charge in [-0.15, -0.1) is 0 Å². The zero-order chi connectivity index (χ0) is 13.9. The summed E-state index contributed by atoms with van der Waals surface area (Å²) < 4.78 is 0. The number of aromatic nitrogens is 1. The van der Waals surface area contributed by atoms with Gasteiger partial charge in [-0.05, 0) is 48.6 Å². The van der Waals surface area contributed by atoms with Crippen LogP contribution in [0.25, 0.3) is 0 Å². The first-order valence-corrected chi connectivity index (χ1v) is 7.58. The van der Waals surface area contributed by atoms with Crippen molar-refractivity contribution in [2.24, 2.45) is 0 Å². The Labute approximate surface area is 125 Å². The molecule has 0 spiro atoms. The van der Waals surface area contributed by atoms with Crippen LogP contribution in [0.5, 0.6) is 0 Å². The molecule has 2 nitrogen and oxygen atoms in total. The summed E-state index contributed by atoms with van der Waals surface area (Å²) in [6, 6.07) is 13.0. The molecule has 1 aliphatic carbocycles. The lowest BCUT2D eigenvalue weighted by Gasteiger charge is -2.33. The van der Waals surface area contributed by atoms with Gasteiger partial charge in [0.05, 0.1) is 16.8 Å². The van der Waals surface area contributed by atoms with Crippen molar-refractivity contribution in [2.45, 2.75) is 31.7 Å². The number of fused-ring (bicyclic) bond motifs is 1. The molecular formula is C17H19ClN2. The predicted octanol–water partition coefficient (Wildman–Crippen LogP) is 4.12. The average molecular weight is 287 g/mol. The SMILES string of the molecule is CCNC(CC1Cc2ccccc21)c1ccc(Cl)cn1. The van der Waals surface area contributed by atoms with Gasteiger partial charge in [-0.1, -0.05) is 42.8 Å². The van der Waals surface area contributed by atoms with Gasteiger partial charge in [-0.2, -0.15) is 0 Å². The van der Waals surface area contributed by atoms with E-state index < -0.39 is 0 Å². The Kier molecular flexibility index (Phi) is 4.04. The van der Waals surface area contributed by atoms with Crippen LogP contribution in [-0.2, 0) is 6.42 Å².